The summed E-state index contributed by atoms with van der Waals surface area (Å²) in [4.78, 5) is 12.2. The second kappa shape index (κ2) is 6.36. The van der Waals surface area contributed by atoms with Gasteiger partial charge in [0.25, 0.3) is 0 Å². The number of halogens is 2. The van der Waals surface area contributed by atoms with Crippen molar-refractivity contribution in [2.75, 3.05) is 16.4 Å². The number of hydrogen-bond donors (Lipinski definition) is 3. The van der Waals surface area contributed by atoms with Gasteiger partial charge < -0.3 is 16.4 Å². The fraction of sp³-hybridized carbons (Fsp3) is 0. The van der Waals surface area contributed by atoms with Crippen molar-refractivity contribution in [2.24, 2.45) is 0 Å². The number of urea groups is 1. The number of hydrogen-bond acceptors (Lipinski definition) is 2. The fourth-order valence-electron chi connectivity index (χ4n) is 2.31. The number of amides is 2. The highest BCUT2D eigenvalue weighted by molar-refractivity contribution is 6.40. The summed E-state index contributed by atoms with van der Waals surface area (Å²) in [5, 5.41) is 7.99. The molecule has 3 rings (SSSR count). The van der Waals surface area contributed by atoms with Crippen LogP contribution in [0.3, 0.4) is 0 Å². The van der Waals surface area contributed by atoms with Crippen LogP contribution in [0.25, 0.3) is 10.8 Å². The van der Waals surface area contributed by atoms with Gasteiger partial charge in [-0.25, -0.2) is 4.79 Å². The van der Waals surface area contributed by atoms with Crippen molar-refractivity contribution in [3.05, 3.63) is 64.6 Å². The number of carbonyl (C=O) groups excluding carboxylic acids is 1. The Balaban J connectivity index is 1.85. The highest BCUT2D eigenvalue weighted by atomic mass is 35.5. The molecule has 0 saturated heterocycles. The Morgan fingerprint density at radius 1 is 0.913 bits per heavy atom. The standard InChI is InChI=1S/C17H13Cl2N3O/c18-13-8-11(20)9-14(19)16(13)22-17(23)21-15-7-3-5-10-4-1-2-6-12(10)15/h1-9H,20H2,(H2,21,22,23). The number of rotatable bonds is 2. The molecule has 116 valence electrons. The van der Waals surface area contributed by atoms with Crippen molar-refractivity contribution >= 4 is 57.1 Å². The number of carbonyl (C=O) groups is 1. The molecule has 0 aliphatic carbocycles. The minimum absolute atomic E-state index is 0.281. The third kappa shape index (κ3) is 3.33. The molecule has 0 aliphatic heterocycles. The Kier molecular flexibility index (Phi) is 4.28. The van der Waals surface area contributed by atoms with E-state index in [4.69, 9.17) is 28.9 Å². The van der Waals surface area contributed by atoms with E-state index in [2.05, 4.69) is 10.6 Å². The summed E-state index contributed by atoms with van der Waals surface area (Å²) in [7, 11) is 0. The zero-order valence-electron chi connectivity index (χ0n) is 11.9. The van der Waals surface area contributed by atoms with Gasteiger partial charge in [0, 0.05) is 11.1 Å². The Bertz CT molecular complexity index is 868. The summed E-state index contributed by atoms with van der Waals surface area (Å²) in [6.45, 7) is 0. The largest absolute Gasteiger partial charge is 0.399 e. The number of nitrogens with two attached hydrogens (primary N) is 1. The summed E-state index contributed by atoms with van der Waals surface area (Å²) < 4.78 is 0. The average Bonchev–Trinajstić information content (AvgIpc) is 2.51. The Hall–Kier alpha value is -2.43. The lowest BCUT2D eigenvalue weighted by Crippen LogP contribution is -2.20. The van der Waals surface area contributed by atoms with E-state index in [1.807, 2.05) is 42.5 Å². The lowest BCUT2D eigenvalue weighted by atomic mass is 10.1. The van der Waals surface area contributed by atoms with Gasteiger partial charge >= 0.3 is 6.03 Å². The Morgan fingerprint density at radius 2 is 1.57 bits per heavy atom. The van der Waals surface area contributed by atoms with Crippen LogP contribution >= 0.6 is 23.2 Å². The van der Waals surface area contributed by atoms with Gasteiger partial charge in [0.2, 0.25) is 0 Å². The molecule has 3 aromatic carbocycles. The van der Waals surface area contributed by atoms with Gasteiger partial charge in [-0.2, -0.15) is 0 Å². The summed E-state index contributed by atoms with van der Waals surface area (Å²) in [5.41, 5.74) is 7.10. The van der Waals surface area contributed by atoms with Gasteiger partial charge in [0.15, 0.2) is 0 Å². The highest BCUT2D eigenvalue weighted by Crippen LogP contribution is 2.33. The van der Waals surface area contributed by atoms with Gasteiger partial charge in [0.1, 0.15) is 0 Å². The van der Waals surface area contributed by atoms with E-state index in [1.54, 1.807) is 0 Å². The first-order chi connectivity index (χ1) is 11.0. The zero-order chi connectivity index (χ0) is 16.4. The van der Waals surface area contributed by atoms with E-state index >= 15 is 0 Å². The minimum Gasteiger partial charge on any atom is -0.399 e. The normalized spacial score (nSPS) is 10.5. The first kappa shape index (κ1) is 15.5. The molecule has 0 unspecified atom stereocenters. The number of anilines is 3. The van der Waals surface area contributed by atoms with Crippen LogP contribution in [-0.2, 0) is 0 Å². The molecule has 2 amide bonds. The van der Waals surface area contributed by atoms with E-state index < -0.39 is 6.03 Å². The van der Waals surface area contributed by atoms with Crippen LogP contribution in [0.2, 0.25) is 10.0 Å². The first-order valence-electron chi connectivity index (χ1n) is 6.85. The number of nitrogen functional groups attached to an aromatic ring is 1. The molecule has 4 nitrogen and oxygen atoms in total. The van der Waals surface area contributed by atoms with Crippen LogP contribution in [0.15, 0.2) is 54.6 Å². The molecule has 4 N–H and O–H groups in total. The maximum atomic E-state index is 12.2. The lowest BCUT2D eigenvalue weighted by molar-refractivity contribution is 0.262. The molecule has 0 atom stereocenters. The Labute approximate surface area is 143 Å². The summed E-state index contributed by atoms with van der Waals surface area (Å²) in [6.07, 6.45) is 0. The maximum absolute atomic E-state index is 12.2. The lowest BCUT2D eigenvalue weighted by Gasteiger charge is -2.12. The Morgan fingerprint density at radius 3 is 2.30 bits per heavy atom. The van der Waals surface area contributed by atoms with Crippen molar-refractivity contribution < 1.29 is 4.79 Å². The molecule has 0 radical (unpaired) electrons. The number of nitrogens with one attached hydrogen (secondary N) is 2. The monoisotopic (exact) mass is 345 g/mol. The average molecular weight is 346 g/mol. The van der Waals surface area contributed by atoms with Crippen LogP contribution in [0.4, 0.5) is 21.9 Å². The van der Waals surface area contributed by atoms with E-state index in [-0.39, 0.29) is 10.0 Å². The zero-order valence-corrected chi connectivity index (χ0v) is 13.4. The highest BCUT2D eigenvalue weighted by Gasteiger charge is 2.12. The van der Waals surface area contributed by atoms with E-state index in [0.29, 0.717) is 17.1 Å². The molecular formula is C17H13Cl2N3O. The SMILES string of the molecule is Nc1cc(Cl)c(NC(=O)Nc2cccc3ccccc23)c(Cl)c1. The smallest absolute Gasteiger partial charge is 0.323 e. The molecule has 6 heteroatoms. The third-order valence-electron chi connectivity index (χ3n) is 3.34. The maximum Gasteiger partial charge on any atom is 0.323 e. The molecule has 0 aliphatic rings. The third-order valence-corrected chi connectivity index (χ3v) is 3.94. The van der Waals surface area contributed by atoms with Crippen LogP contribution in [0.5, 0.6) is 0 Å². The van der Waals surface area contributed by atoms with E-state index in [0.717, 1.165) is 10.8 Å². The molecule has 0 heterocycles. The topological polar surface area (TPSA) is 67.1 Å². The van der Waals surface area contributed by atoms with Gasteiger partial charge in [0.05, 0.1) is 21.4 Å². The van der Waals surface area contributed by atoms with E-state index in [9.17, 15) is 4.79 Å². The van der Waals surface area contributed by atoms with Gasteiger partial charge in [-0.05, 0) is 23.6 Å². The van der Waals surface area contributed by atoms with Gasteiger partial charge in [-0.1, -0.05) is 59.6 Å². The quantitative estimate of drug-likeness (QED) is 0.546. The number of fused-ring (bicyclic) bond motifs is 1. The molecule has 0 aromatic heterocycles. The van der Waals surface area contributed by atoms with Crippen LogP contribution < -0.4 is 16.4 Å². The first-order valence-corrected chi connectivity index (χ1v) is 7.60. The molecule has 3 aromatic rings. The second-order valence-electron chi connectivity index (χ2n) is 4.97. The molecule has 0 fully saturated rings. The van der Waals surface area contributed by atoms with Crippen molar-refractivity contribution in [2.45, 2.75) is 0 Å². The molecular weight excluding hydrogens is 333 g/mol. The van der Waals surface area contributed by atoms with Crippen molar-refractivity contribution in [3.8, 4) is 0 Å². The second-order valence-corrected chi connectivity index (χ2v) is 5.78. The van der Waals surface area contributed by atoms with Crippen LogP contribution in [0, 0.1) is 0 Å². The molecule has 23 heavy (non-hydrogen) atoms. The number of benzene rings is 3. The van der Waals surface area contributed by atoms with Crippen molar-refractivity contribution in [1.29, 1.82) is 0 Å². The summed E-state index contributed by atoms with van der Waals surface area (Å²) in [6, 6.07) is 16.1. The molecule has 0 bridgehead atoms. The van der Waals surface area contributed by atoms with Crippen LogP contribution in [0.1, 0.15) is 0 Å². The van der Waals surface area contributed by atoms with E-state index in [1.165, 1.54) is 12.1 Å². The molecule has 0 saturated carbocycles. The van der Waals surface area contributed by atoms with Crippen molar-refractivity contribution in [1.82, 2.24) is 0 Å². The van der Waals surface area contributed by atoms with Crippen LogP contribution in [-0.4, -0.2) is 6.03 Å². The molecule has 0 spiro atoms. The van der Waals surface area contributed by atoms with Gasteiger partial charge in [-0.15, -0.1) is 0 Å². The van der Waals surface area contributed by atoms with Gasteiger partial charge in [-0.3, -0.25) is 0 Å². The summed E-state index contributed by atoms with van der Waals surface area (Å²) in [5.74, 6) is 0. The summed E-state index contributed by atoms with van der Waals surface area (Å²) >= 11 is 12.1. The fourth-order valence-corrected chi connectivity index (χ4v) is 2.91. The minimum atomic E-state index is -0.435. The predicted molar refractivity (Wildman–Crippen MR) is 97.5 cm³/mol. The predicted octanol–water partition coefficient (Wildman–Crippen LogP) is 5.37. The van der Waals surface area contributed by atoms with Crippen molar-refractivity contribution in [3.63, 3.8) is 0 Å².